The maximum atomic E-state index is 9.71. The largest absolute Gasteiger partial charge is 0.367 e. The van der Waals surface area contributed by atoms with E-state index in [-0.39, 0.29) is 5.54 Å². The topological polar surface area (TPSA) is 35.8 Å². The Morgan fingerprint density at radius 1 is 1.45 bits per heavy atom. The van der Waals surface area contributed by atoms with Crippen LogP contribution in [0.25, 0.3) is 0 Å². The molecule has 0 spiro atoms. The zero-order valence-electron chi connectivity index (χ0n) is 12.9. The lowest BCUT2D eigenvalue weighted by Crippen LogP contribution is -2.41. The molecule has 0 saturated heterocycles. The molecule has 1 aromatic rings. The number of aryl methyl sites for hydroxylation is 1. The minimum absolute atomic E-state index is 0.369. The molecule has 2 heteroatoms. The van der Waals surface area contributed by atoms with Gasteiger partial charge in [-0.15, -0.1) is 0 Å². The van der Waals surface area contributed by atoms with Gasteiger partial charge in [-0.2, -0.15) is 5.26 Å². The molecule has 2 atom stereocenters. The Morgan fingerprint density at radius 2 is 2.25 bits per heavy atom. The average molecular weight is 270 g/mol. The average Bonchev–Trinajstić information content (AvgIpc) is 2.38. The van der Waals surface area contributed by atoms with Crippen LogP contribution in [0.5, 0.6) is 0 Å². The first-order valence-corrected chi connectivity index (χ1v) is 7.79. The van der Waals surface area contributed by atoms with E-state index in [0.717, 1.165) is 24.9 Å². The fourth-order valence-electron chi connectivity index (χ4n) is 3.50. The zero-order valence-corrected chi connectivity index (χ0v) is 12.9. The molecule has 0 amide bonds. The highest BCUT2D eigenvalue weighted by atomic mass is 15.0. The zero-order chi connectivity index (χ0) is 14.6. The quantitative estimate of drug-likeness (QED) is 0.844. The molecule has 0 bridgehead atoms. The Morgan fingerprint density at radius 3 is 2.90 bits per heavy atom. The van der Waals surface area contributed by atoms with Crippen molar-refractivity contribution in [2.75, 3.05) is 5.32 Å². The van der Waals surface area contributed by atoms with Crippen molar-refractivity contribution in [3.8, 4) is 6.07 Å². The number of hydrogen-bond acceptors (Lipinski definition) is 2. The number of nitriles is 1. The van der Waals surface area contributed by atoms with Crippen LogP contribution in [0.4, 0.5) is 5.69 Å². The molecule has 0 aliphatic heterocycles. The summed E-state index contributed by atoms with van der Waals surface area (Å²) in [5.74, 6) is 1.40. The van der Waals surface area contributed by atoms with Gasteiger partial charge >= 0.3 is 0 Å². The molecule has 20 heavy (non-hydrogen) atoms. The maximum absolute atomic E-state index is 9.71. The number of rotatable bonds is 4. The SMILES string of the molecule is Cc1cccc(NC2(C#N)CCCC(CC(C)C)C2)c1. The molecule has 1 N–H and O–H groups in total. The molecular formula is C18H26N2. The van der Waals surface area contributed by atoms with Crippen LogP contribution in [-0.4, -0.2) is 5.54 Å². The molecule has 1 aliphatic rings. The Hall–Kier alpha value is -1.49. The summed E-state index contributed by atoms with van der Waals surface area (Å²) in [7, 11) is 0. The van der Waals surface area contributed by atoms with Crippen molar-refractivity contribution in [3.05, 3.63) is 29.8 Å². The van der Waals surface area contributed by atoms with E-state index in [1.807, 2.05) is 0 Å². The molecule has 2 unspecified atom stereocenters. The van der Waals surface area contributed by atoms with Crippen LogP contribution in [0.15, 0.2) is 24.3 Å². The smallest absolute Gasteiger partial charge is 0.125 e. The molecule has 2 nitrogen and oxygen atoms in total. The molecule has 1 fully saturated rings. The third kappa shape index (κ3) is 3.76. The lowest BCUT2D eigenvalue weighted by molar-refractivity contribution is 0.254. The Bertz CT molecular complexity index is 486. The normalized spacial score (nSPS) is 26.2. The first-order chi connectivity index (χ1) is 9.53. The summed E-state index contributed by atoms with van der Waals surface area (Å²) in [5.41, 5.74) is 1.94. The summed E-state index contributed by atoms with van der Waals surface area (Å²) in [5, 5.41) is 13.2. The van der Waals surface area contributed by atoms with Crippen molar-refractivity contribution < 1.29 is 0 Å². The van der Waals surface area contributed by atoms with Crippen molar-refractivity contribution >= 4 is 5.69 Å². The van der Waals surface area contributed by atoms with Crippen LogP contribution in [0.2, 0.25) is 0 Å². The summed E-state index contributed by atoms with van der Waals surface area (Å²) in [4.78, 5) is 0. The summed E-state index contributed by atoms with van der Waals surface area (Å²) >= 11 is 0. The lowest BCUT2D eigenvalue weighted by atomic mass is 9.73. The van der Waals surface area contributed by atoms with Gasteiger partial charge in [0.15, 0.2) is 0 Å². The first-order valence-electron chi connectivity index (χ1n) is 7.79. The number of nitrogens with one attached hydrogen (secondary N) is 1. The van der Waals surface area contributed by atoms with E-state index in [2.05, 4.69) is 56.4 Å². The van der Waals surface area contributed by atoms with Crippen molar-refractivity contribution in [2.24, 2.45) is 11.8 Å². The van der Waals surface area contributed by atoms with Gasteiger partial charge in [0, 0.05) is 5.69 Å². The minimum atomic E-state index is -0.369. The van der Waals surface area contributed by atoms with Gasteiger partial charge in [-0.25, -0.2) is 0 Å². The molecule has 1 saturated carbocycles. The predicted molar refractivity (Wildman–Crippen MR) is 84.6 cm³/mol. The van der Waals surface area contributed by atoms with Crippen molar-refractivity contribution in [1.82, 2.24) is 0 Å². The Balaban J connectivity index is 2.11. The minimum Gasteiger partial charge on any atom is -0.367 e. The van der Waals surface area contributed by atoms with Gasteiger partial charge in [0.25, 0.3) is 0 Å². The van der Waals surface area contributed by atoms with E-state index >= 15 is 0 Å². The van der Waals surface area contributed by atoms with Gasteiger partial charge in [0.1, 0.15) is 5.54 Å². The fourth-order valence-corrected chi connectivity index (χ4v) is 3.50. The second-order valence-electron chi connectivity index (χ2n) is 6.78. The van der Waals surface area contributed by atoms with Crippen molar-refractivity contribution in [1.29, 1.82) is 5.26 Å². The van der Waals surface area contributed by atoms with Gasteiger partial charge in [-0.05, 0) is 62.1 Å². The third-order valence-corrected chi connectivity index (χ3v) is 4.27. The molecule has 1 aliphatic carbocycles. The highest BCUT2D eigenvalue weighted by Gasteiger charge is 2.36. The van der Waals surface area contributed by atoms with Crippen LogP contribution in [0.3, 0.4) is 0 Å². The van der Waals surface area contributed by atoms with Crippen LogP contribution in [-0.2, 0) is 0 Å². The number of anilines is 1. The fraction of sp³-hybridized carbons (Fsp3) is 0.611. The van der Waals surface area contributed by atoms with E-state index in [9.17, 15) is 5.26 Å². The van der Waals surface area contributed by atoms with Gasteiger partial charge in [-0.3, -0.25) is 0 Å². The standard InChI is InChI=1S/C18H26N2/c1-14(2)10-16-7-5-9-18(12-16,13-19)20-17-8-4-6-15(3)11-17/h4,6,8,11,14,16,20H,5,7,9-10,12H2,1-3H3. The Labute approximate surface area is 123 Å². The van der Waals surface area contributed by atoms with Crippen molar-refractivity contribution in [2.45, 2.75) is 58.4 Å². The second kappa shape index (κ2) is 6.31. The Kier molecular flexibility index (Phi) is 4.70. The molecule has 0 heterocycles. The van der Waals surface area contributed by atoms with Crippen LogP contribution in [0, 0.1) is 30.1 Å². The van der Waals surface area contributed by atoms with Gasteiger partial charge < -0.3 is 5.32 Å². The molecular weight excluding hydrogens is 244 g/mol. The summed E-state index contributed by atoms with van der Waals surface area (Å²) in [6, 6.07) is 10.9. The monoisotopic (exact) mass is 270 g/mol. The van der Waals surface area contributed by atoms with E-state index in [1.165, 1.54) is 18.4 Å². The van der Waals surface area contributed by atoms with Gasteiger partial charge in [0.2, 0.25) is 0 Å². The number of hydrogen-bond donors (Lipinski definition) is 1. The van der Waals surface area contributed by atoms with E-state index in [0.29, 0.717) is 11.8 Å². The molecule has 1 aromatic carbocycles. The third-order valence-electron chi connectivity index (χ3n) is 4.27. The molecule has 108 valence electrons. The highest BCUT2D eigenvalue weighted by Crippen LogP contribution is 2.37. The second-order valence-corrected chi connectivity index (χ2v) is 6.78. The summed E-state index contributed by atoms with van der Waals surface area (Å²) in [6.07, 6.45) is 5.61. The molecule has 0 aromatic heterocycles. The highest BCUT2D eigenvalue weighted by molar-refractivity contribution is 5.49. The van der Waals surface area contributed by atoms with Crippen LogP contribution >= 0.6 is 0 Å². The van der Waals surface area contributed by atoms with Crippen LogP contribution in [0.1, 0.15) is 51.5 Å². The summed E-state index contributed by atoms with van der Waals surface area (Å²) in [6.45, 7) is 6.64. The first kappa shape index (κ1) is 14.9. The van der Waals surface area contributed by atoms with Crippen LogP contribution < -0.4 is 5.32 Å². The van der Waals surface area contributed by atoms with Gasteiger partial charge in [-0.1, -0.05) is 32.4 Å². The van der Waals surface area contributed by atoms with E-state index in [1.54, 1.807) is 0 Å². The van der Waals surface area contributed by atoms with E-state index in [4.69, 9.17) is 0 Å². The predicted octanol–water partition coefficient (Wildman–Crippen LogP) is 4.91. The number of benzene rings is 1. The van der Waals surface area contributed by atoms with Crippen molar-refractivity contribution in [3.63, 3.8) is 0 Å². The number of nitrogens with zero attached hydrogens (tertiary/aromatic N) is 1. The maximum Gasteiger partial charge on any atom is 0.125 e. The summed E-state index contributed by atoms with van der Waals surface area (Å²) < 4.78 is 0. The lowest BCUT2D eigenvalue weighted by Gasteiger charge is -2.37. The molecule has 2 rings (SSSR count). The van der Waals surface area contributed by atoms with E-state index < -0.39 is 0 Å². The van der Waals surface area contributed by atoms with Gasteiger partial charge in [0.05, 0.1) is 6.07 Å². The molecule has 0 radical (unpaired) electrons.